The zero-order valence-corrected chi connectivity index (χ0v) is 7.13. The molecule has 0 aromatic carbocycles. The third kappa shape index (κ3) is 1.27. The maximum Gasteiger partial charge on any atom is 0.172 e. The molecule has 0 aliphatic heterocycles. The van der Waals surface area contributed by atoms with Crippen LogP contribution in [0.5, 0.6) is 0 Å². The molecule has 11 heavy (non-hydrogen) atoms. The standard InChI is InChI=1S/C6H7N3.C2H6/c1-9-6-5(8-9)3-2-4-7-6;1-2/h2-4,8H,1H3;1-2H3. The third-order valence-electron chi connectivity index (χ3n) is 1.39. The van der Waals surface area contributed by atoms with Gasteiger partial charge < -0.3 is 0 Å². The second-order valence-corrected chi connectivity index (χ2v) is 2.05. The van der Waals surface area contributed by atoms with Crippen molar-refractivity contribution in [1.82, 2.24) is 14.8 Å². The topological polar surface area (TPSA) is 33.6 Å². The van der Waals surface area contributed by atoms with Gasteiger partial charge in [0.05, 0.1) is 5.52 Å². The highest BCUT2D eigenvalue weighted by atomic mass is 15.3. The van der Waals surface area contributed by atoms with Crippen molar-refractivity contribution in [2.75, 3.05) is 0 Å². The predicted octanol–water partition coefficient (Wildman–Crippen LogP) is 1.93. The van der Waals surface area contributed by atoms with Crippen molar-refractivity contribution in [3.8, 4) is 0 Å². The molecule has 2 rings (SSSR count). The summed E-state index contributed by atoms with van der Waals surface area (Å²) in [5, 5.41) is 3.06. The van der Waals surface area contributed by atoms with Crippen molar-refractivity contribution in [3.63, 3.8) is 0 Å². The Morgan fingerprint density at radius 2 is 2.18 bits per heavy atom. The number of aromatic amines is 1. The minimum absolute atomic E-state index is 1.03. The van der Waals surface area contributed by atoms with E-state index < -0.39 is 0 Å². The molecule has 60 valence electrons. The Morgan fingerprint density at radius 3 is 2.64 bits per heavy atom. The molecule has 2 heterocycles. The fraction of sp³-hybridized carbons (Fsp3) is 0.375. The summed E-state index contributed by atoms with van der Waals surface area (Å²) in [6, 6.07) is 3.92. The zero-order chi connectivity index (χ0) is 8.27. The fourth-order valence-corrected chi connectivity index (χ4v) is 0.932. The lowest BCUT2D eigenvalue weighted by molar-refractivity contribution is 0.747. The van der Waals surface area contributed by atoms with Crippen LogP contribution in [-0.2, 0) is 7.05 Å². The van der Waals surface area contributed by atoms with Gasteiger partial charge in [0.25, 0.3) is 0 Å². The monoisotopic (exact) mass is 151 g/mol. The number of rotatable bonds is 0. The van der Waals surface area contributed by atoms with Crippen molar-refractivity contribution in [2.45, 2.75) is 13.8 Å². The molecule has 2 aromatic heterocycles. The molecule has 3 nitrogen and oxygen atoms in total. The third-order valence-corrected chi connectivity index (χ3v) is 1.39. The van der Waals surface area contributed by atoms with Gasteiger partial charge in [-0.15, -0.1) is 0 Å². The van der Waals surface area contributed by atoms with Crippen molar-refractivity contribution >= 4 is 11.2 Å². The van der Waals surface area contributed by atoms with Gasteiger partial charge in [-0.25, -0.2) is 4.98 Å². The van der Waals surface area contributed by atoms with Gasteiger partial charge in [0, 0.05) is 13.2 Å². The number of aryl methyl sites for hydroxylation is 1. The van der Waals surface area contributed by atoms with E-state index in [1.807, 2.05) is 37.7 Å². The summed E-state index contributed by atoms with van der Waals surface area (Å²) in [5.74, 6) is 0. The van der Waals surface area contributed by atoms with Crippen LogP contribution in [0, 0.1) is 0 Å². The van der Waals surface area contributed by atoms with E-state index in [9.17, 15) is 0 Å². The quantitative estimate of drug-likeness (QED) is 0.613. The first kappa shape index (κ1) is 7.85. The van der Waals surface area contributed by atoms with Crippen LogP contribution in [0.2, 0.25) is 0 Å². The van der Waals surface area contributed by atoms with E-state index >= 15 is 0 Å². The normalized spacial score (nSPS) is 9.36. The molecular weight excluding hydrogens is 138 g/mol. The lowest BCUT2D eigenvalue weighted by Crippen LogP contribution is -2.06. The Hall–Kier alpha value is -1.25. The number of nitrogens with one attached hydrogen (secondary N) is 1. The van der Waals surface area contributed by atoms with Gasteiger partial charge in [-0.05, 0) is 12.1 Å². The highest BCUT2D eigenvalue weighted by Gasteiger charge is 1.97. The molecule has 2 aromatic rings. The van der Waals surface area contributed by atoms with Crippen LogP contribution in [0.25, 0.3) is 11.2 Å². The molecule has 0 aliphatic carbocycles. The molecule has 0 fully saturated rings. The van der Waals surface area contributed by atoms with Crippen LogP contribution in [0.1, 0.15) is 13.8 Å². The van der Waals surface area contributed by atoms with E-state index in [4.69, 9.17) is 0 Å². The molecule has 0 atom stereocenters. The highest BCUT2D eigenvalue weighted by molar-refractivity contribution is 5.71. The second kappa shape index (κ2) is 3.23. The lowest BCUT2D eigenvalue weighted by atomic mass is 10.4. The Balaban J connectivity index is 0.000000281. The molecule has 0 saturated heterocycles. The Morgan fingerprint density at radius 1 is 1.45 bits per heavy atom. The zero-order valence-electron chi connectivity index (χ0n) is 7.13. The first-order valence-corrected chi connectivity index (χ1v) is 3.83. The molecule has 0 aliphatic rings. The van der Waals surface area contributed by atoms with Crippen LogP contribution in [-0.4, -0.2) is 14.8 Å². The minimum atomic E-state index is 1.03. The summed E-state index contributed by atoms with van der Waals surface area (Å²) in [5.41, 5.74) is 2.14. The molecule has 3 heteroatoms. The summed E-state index contributed by atoms with van der Waals surface area (Å²) in [4.78, 5) is 4.11. The average Bonchev–Trinajstić information content (AvgIpc) is 2.07. The summed E-state index contributed by atoms with van der Waals surface area (Å²) in [7, 11) is 1.94. The number of hydrogen-bond donors (Lipinski definition) is 1. The van der Waals surface area contributed by atoms with Gasteiger partial charge in [-0.3, -0.25) is 9.78 Å². The van der Waals surface area contributed by atoms with E-state index in [1.54, 1.807) is 6.20 Å². The molecule has 0 unspecified atom stereocenters. The molecule has 1 N–H and O–H groups in total. The first-order valence-electron chi connectivity index (χ1n) is 3.83. The molecule has 0 amide bonds. The number of aromatic nitrogens is 3. The Kier molecular flexibility index (Phi) is 2.31. The van der Waals surface area contributed by atoms with Crippen molar-refractivity contribution in [1.29, 1.82) is 0 Å². The van der Waals surface area contributed by atoms with E-state index in [1.165, 1.54) is 0 Å². The van der Waals surface area contributed by atoms with Crippen molar-refractivity contribution in [2.24, 2.45) is 7.05 Å². The van der Waals surface area contributed by atoms with Gasteiger partial charge >= 0.3 is 0 Å². The number of nitrogens with zero attached hydrogens (tertiary/aromatic N) is 2. The maximum absolute atomic E-state index is 4.11. The van der Waals surface area contributed by atoms with Crippen molar-refractivity contribution in [3.05, 3.63) is 18.3 Å². The van der Waals surface area contributed by atoms with Crippen molar-refractivity contribution < 1.29 is 0 Å². The van der Waals surface area contributed by atoms with E-state index in [-0.39, 0.29) is 0 Å². The van der Waals surface area contributed by atoms with Crippen LogP contribution >= 0.6 is 0 Å². The van der Waals surface area contributed by atoms with Gasteiger partial charge in [-0.2, -0.15) is 0 Å². The smallest absolute Gasteiger partial charge is 0.172 e. The highest BCUT2D eigenvalue weighted by Crippen LogP contribution is 2.06. The second-order valence-electron chi connectivity index (χ2n) is 2.05. The Labute approximate surface area is 66.0 Å². The average molecular weight is 151 g/mol. The number of H-pyrrole nitrogens is 1. The number of pyridine rings is 1. The SMILES string of the molecule is CC.Cn1[nH]c2cccnc21. The van der Waals surface area contributed by atoms with Crippen LogP contribution in [0.4, 0.5) is 0 Å². The molecule has 0 saturated carbocycles. The first-order chi connectivity index (χ1) is 5.38. The largest absolute Gasteiger partial charge is 0.293 e. The molecular formula is C8H13N3. The van der Waals surface area contributed by atoms with E-state index in [0.29, 0.717) is 0 Å². The van der Waals surface area contributed by atoms with Gasteiger partial charge in [0.15, 0.2) is 5.65 Å². The predicted molar refractivity (Wildman–Crippen MR) is 46.4 cm³/mol. The van der Waals surface area contributed by atoms with Crippen LogP contribution in [0.15, 0.2) is 18.3 Å². The van der Waals surface area contributed by atoms with E-state index in [2.05, 4.69) is 10.1 Å². The summed E-state index contributed by atoms with van der Waals surface area (Å²) in [6.45, 7) is 4.00. The van der Waals surface area contributed by atoms with Gasteiger partial charge in [-0.1, -0.05) is 13.8 Å². The van der Waals surface area contributed by atoms with Crippen LogP contribution < -0.4 is 0 Å². The molecule has 0 radical (unpaired) electrons. The lowest BCUT2D eigenvalue weighted by Gasteiger charge is -2.08. The summed E-state index contributed by atoms with van der Waals surface area (Å²) in [6.07, 6.45) is 1.79. The Bertz CT molecular complexity index is 319. The summed E-state index contributed by atoms with van der Waals surface area (Å²) < 4.78 is 1.88. The molecule has 0 bridgehead atoms. The minimum Gasteiger partial charge on any atom is -0.293 e. The van der Waals surface area contributed by atoms with Gasteiger partial charge in [0.2, 0.25) is 0 Å². The number of fused-ring (bicyclic) bond motifs is 1. The van der Waals surface area contributed by atoms with Crippen LogP contribution in [0.3, 0.4) is 0 Å². The summed E-state index contributed by atoms with van der Waals surface area (Å²) >= 11 is 0. The maximum atomic E-state index is 4.11. The molecule has 0 spiro atoms. The number of hydrogen-bond acceptors (Lipinski definition) is 1. The van der Waals surface area contributed by atoms with E-state index in [0.717, 1.165) is 11.2 Å². The van der Waals surface area contributed by atoms with Gasteiger partial charge in [0.1, 0.15) is 0 Å². The fourth-order valence-electron chi connectivity index (χ4n) is 0.932.